The van der Waals surface area contributed by atoms with Gasteiger partial charge in [0.15, 0.2) is 0 Å². The second kappa shape index (κ2) is 5.35. The van der Waals surface area contributed by atoms with Crippen molar-refractivity contribution in [3.63, 3.8) is 0 Å². The van der Waals surface area contributed by atoms with Crippen molar-refractivity contribution in [3.05, 3.63) is 36.0 Å². The number of hydrogen-bond acceptors (Lipinski definition) is 2. The number of carboxylic acids is 1. The van der Waals surface area contributed by atoms with Crippen LogP contribution in [0.5, 0.6) is 0 Å². The molecule has 0 saturated carbocycles. The van der Waals surface area contributed by atoms with Crippen LogP contribution in [0.2, 0.25) is 0 Å². The third-order valence-corrected chi connectivity index (χ3v) is 2.93. The van der Waals surface area contributed by atoms with Gasteiger partial charge in [0.1, 0.15) is 6.04 Å². The van der Waals surface area contributed by atoms with Crippen molar-refractivity contribution >= 4 is 23.3 Å². The van der Waals surface area contributed by atoms with Gasteiger partial charge in [-0.3, -0.25) is 4.79 Å². The van der Waals surface area contributed by atoms with E-state index in [9.17, 15) is 9.59 Å². The van der Waals surface area contributed by atoms with E-state index in [0.717, 1.165) is 16.5 Å². The number of fused-ring (bicyclic) bond motifs is 1. The standard InChI is InChI=1S/C13H13N2O3.Fm/c1-15-7-9(6-11(13(17)18)14-8-16)10-4-2-3-5-12(10)15;/h2-5,7,11H,6H2,1H3,(H,14,16)(H,17,18);/q-1;/t11-;/m0./s1. The van der Waals surface area contributed by atoms with E-state index in [1.54, 1.807) is 0 Å². The number of carbonyl (C=O) groups is 1. The Morgan fingerprint density at radius 2 is 2.16 bits per heavy atom. The van der Waals surface area contributed by atoms with Gasteiger partial charge in [-0.05, 0) is 11.6 Å². The maximum Gasteiger partial charge on any atom is 0.323 e. The number of carbonyl (C=O) groups excluding carboxylic acids is 1. The van der Waals surface area contributed by atoms with Gasteiger partial charge in [-0.15, -0.1) is 0 Å². The first-order valence-corrected chi connectivity index (χ1v) is 5.52. The Balaban J connectivity index is 0.00000180. The first-order chi connectivity index (χ1) is 8.63. The summed E-state index contributed by atoms with van der Waals surface area (Å²) in [6, 6.07) is 6.79. The van der Waals surface area contributed by atoms with Crippen LogP contribution in [0.4, 0.5) is 0 Å². The van der Waals surface area contributed by atoms with Crippen LogP contribution in [-0.2, 0) is 23.1 Å². The second-order valence-corrected chi connectivity index (χ2v) is 4.12. The molecular formula is C13H13FmN2O3-. The van der Waals surface area contributed by atoms with E-state index in [1.165, 1.54) is 6.41 Å². The monoisotopic (exact) mass is 502 g/mol. The van der Waals surface area contributed by atoms with E-state index in [4.69, 9.17) is 5.11 Å². The summed E-state index contributed by atoms with van der Waals surface area (Å²) in [4.78, 5) is 21.3. The number of carboxylic acid groups (broad SMARTS) is 1. The minimum Gasteiger partial charge on any atom is -0.520 e. The molecule has 2 aromatic rings. The number of benzene rings is 1. The van der Waals surface area contributed by atoms with E-state index in [0.29, 0.717) is 0 Å². The number of rotatable bonds is 5. The molecule has 6 heteroatoms. The quantitative estimate of drug-likeness (QED) is 0.471. The van der Waals surface area contributed by atoms with Crippen molar-refractivity contribution in [2.75, 3.05) is 0 Å². The number of aromatic nitrogens is 1. The molecule has 2 N–H and O–H groups in total. The van der Waals surface area contributed by atoms with Gasteiger partial charge in [0, 0.05) is 30.6 Å². The summed E-state index contributed by atoms with van der Waals surface area (Å²) in [6.07, 6.45) is 3.56. The summed E-state index contributed by atoms with van der Waals surface area (Å²) in [7, 11) is 1.90. The van der Waals surface area contributed by atoms with Gasteiger partial charge in [-0.1, -0.05) is 18.2 Å². The van der Waals surface area contributed by atoms with Crippen molar-refractivity contribution in [3.8, 4) is 0 Å². The van der Waals surface area contributed by atoms with Crippen molar-refractivity contribution in [1.29, 1.82) is 0 Å². The van der Waals surface area contributed by atoms with Crippen LogP contribution < -0.4 is 5.32 Å². The summed E-state index contributed by atoms with van der Waals surface area (Å²) in [5, 5.41) is 12.2. The van der Waals surface area contributed by atoms with Gasteiger partial charge < -0.3 is 19.8 Å². The van der Waals surface area contributed by atoms with Gasteiger partial charge in [0.25, 0.3) is 0 Å². The van der Waals surface area contributed by atoms with Gasteiger partial charge >= 0.3 is 5.97 Å². The molecule has 0 spiro atoms. The molecule has 5 nitrogen and oxygen atoms in total. The van der Waals surface area contributed by atoms with E-state index in [-0.39, 0.29) is 6.42 Å². The maximum absolute atomic E-state index is 11.0. The second-order valence-electron chi connectivity index (χ2n) is 4.12. The maximum atomic E-state index is 11.0. The summed E-state index contributed by atoms with van der Waals surface area (Å²) in [5.41, 5.74) is 1.93. The van der Waals surface area contributed by atoms with Crippen LogP contribution in [-0.4, -0.2) is 28.1 Å². The molecule has 0 radical (unpaired) electrons. The van der Waals surface area contributed by atoms with E-state index >= 15 is 0 Å². The number of amides is 1. The van der Waals surface area contributed by atoms with Gasteiger partial charge in [-0.25, -0.2) is 0 Å². The molecule has 1 amide bonds. The van der Waals surface area contributed by atoms with Crippen molar-refractivity contribution in [2.45, 2.75) is 12.5 Å². The van der Waals surface area contributed by atoms with E-state index in [2.05, 4.69) is 5.32 Å². The number of aliphatic carboxylic acids is 1. The zero-order valence-electron chi connectivity index (χ0n) is 10.2. The molecule has 1 atom stereocenters. The van der Waals surface area contributed by atoms with Crippen LogP contribution in [0.3, 0.4) is 0 Å². The van der Waals surface area contributed by atoms with Crippen LogP contribution in [0.25, 0.3) is 10.9 Å². The molecule has 19 heavy (non-hydrogen) atoms. The van der Waals surface area contributed by atoms with E-state index in [1.807, 2.05) is 42.1 Å². The first kappa shape index (κ1) is 13.8. The molecule has 0 fully saturated rings. The fourth-order valence-electron chi connectivity index (χ4n) is 2.08. The van der Waals surface area contributed by atoms with Crippen LogP contribution >= 0.6 is 0 Å². The number of nitrogens with zero attached hydrogens (tertiary/aromatic N) is 1. The number of hydrogen-bond donors (Lipinski definition) is 2. The van der Waals surface area contributed by atoms with Gasteiger partial charge in [0.2, 0.25) is 0 Å². The number of aryl methyl sites for hydroxylation is 1. The minimum absolute atomic E-state index is 0. The van der Waals surface area contributed by atoms with Crippen molar-refractivity contribution < 1.29 is 14.7 Å². The van der Waals surface area contributed by atoms with Crippen LogP contribution in [0, 0.1) is 0 Å². The largest absolute Gasteiger partial charge is 0.520 e. The Hall–Kier alpha value is -3.30. The Labute approximate surface area is 104 Å². The normalized spacial score (nSPS) is 11.6. The molecule has 1 aromatic carbocycles. The third kappa shape index (κ3) is 2.52. The van der Waals surface area contributed by atoms with Crippen LogP contribution in [0.15, 0.2) is 30.5 Å². The zero-order chi connectivity index (χ0) is 13.1. The molecule has 0 aliphatic rings. The summed E-state index contributed by atoms with van der Waals surface area (Å²) in [6.45, 7) is 0. The molecule has 106 valence electrons. The molecule has 1 heterocycles. The molecule has 0 aliphatic carbocycles. The molecule has 0 aliphatic heterocycles. The van der Waals surface area contributed by atoms with E-state index < -0.39 is 12.0 Å². The first-order valence-electron chi connectivity index (χ1n) is 5.52. The van der Waals surface area contributed by atoms with Crippen LogP contribution in [0.1, 0.15) is 5.56 Å². The molecule has 0 bridgehead atoms. The molecule has 1 aromatic heterocycles. The zero-order valence-corrected chi connectivity index (χ0v) is 12.6. The Morgan fingerprint density at radius 3 is 2.79 bits per heavy atom. The number of nitrogens with one attached hydrogen (secondary N) is 1. The summed E-state index contributed by atoms with van der Waals surface area (Å²) >= 11 is 0. The fourth-order valence-corrected chi connectivity index (χ4v) is 2.08. The average Bonchev–Trinajstić information content (AvgIpc) is 2.66. The molecular weight excluding hydrogens is 489 g/mol. The Morgan fingerprint density at radius 1 is 1.47 bits per heavy atom. The van der Waals surface area contributed by atoms with Gasteiger partial charge in [-0.2, -0.15) is 6.41 Å². The van der Waals surface area contributed by atoms with Crippen molar-refractivity contribution in [2.24, 2.45) is 7.05 Å². The predicted molar refractivity (Wildman–Crippen MR) is 66.9 cm³/mol. The molecule has 2 rings (SSSR count). The fraction of sp³-hybridized carbons (Fsp3) is 0.231. The smallest absolute Gasteiger partial charge is 0.323 e. The Bertz CT molecular complexity index is 595. The molecule has 0 saturated heterocycles. The third-order valence-electron chi connectivity index (χ3n) is 2.93. The predicted octanol–water partition coefficient (Wildman–Crippen LogP) is 0.831. The van der Waals surface area contributed by atoms with Gasteiger partial charge in [0.05, 0.1) is 0 Å². The number of para-hydroxylation sites is 1. The SMILES string of the molecule is Cn1cc(C[C@H](N[C-]=O)C(=O)O)c2ccccc21.[Fm]. The summed E-state index contributed by atoms with van der Waals surface area (Å²) < 4.78 is 1.94. The summed E-state index contributed by atoms with van der Waals surface area (Å²) in [5.74, 6) is -1.06. The minimum atomic E-state index is -1.06. The molecule has 0 unspecified atom stereocenters. The van der Waals surface area contributed by atoms with Crippen molar-refractivity contribution in [1.82, 2.24) is 9.88 Å². The topological polar surface area (TPSA) is 71.3 Å². The Kier molecular flexibility index (Phi) is 3.88. The average molecular weight is 502 g/mol.